The van der Waals surface area contributed by atoms with E-state index in [0.29, 0.717) is 6.04 Å². The molecule has 106 valence electrons. The molecule has 0 saturated carbocycles. The van der Waals surface area contributed by atoms with Crippen LogP contribution in [0.15, 0.2) is 0 Å². The molecule has 1 aromatic rings. The highest BCUT2D eigenvalue weighted by Gasteiger charge is 2.38. The van der Waals surface area contributed by atoms with Gasteiger partial charge < -0.3 is 10.2 Å². The number of aryl methyl sites for hydroxylation is 2. The van der Waals surface area contributed by atoms with E-state index in [-0.39, 0.29) is 0 Å². The lowest BCUT2D eigenvalue weighted by Crippen LogP contribution is -2.47. The summed E-state index contributed by atoms with van der Waals surface area (Å²) in [6.07, 6.45) is 5.41. The van der Waals surface area contributed by atoms with Crippen molar-refractivity contribution in [3.8, 4) is 0 Å². The molecular weight excluding hydrogens is 236 g/mol. The van der Waals surface area contributed by atoms with E-state index >= 15 is 0 Å². The molecule has 3 rings (SSSR count). The highest BCUT2D eigenvalue weighted by Crippen LogP contribution is 2.34. The number of aromatic nitrogens is 2. The molecule has 1 aromatic heterocycles. The summed E-state index contributed by atoms with van der Waals surface area (Å²) in [5.41, 5.74) is 3.85. The first-order chi connectivity index (χ1) is 9.06. The van der Waals surface area contributed by atoms with E-state index in [0.717, 1.165) is 18.6 Å². The summed E-state index contributed by atoms with van der Waals surface area (Å²) in [6.45, 7) is 5.25. The molecule has 2 atom stereocenters. The number of piperidine rings is 1. The quantitative estimate of drug-likeness (QED) is 0.901. The standard InChI is InChI=1S/C15H26N4/c1-10-15(11(2)19(4)17-10)9-16-12-7-13-5-6-14(8-12)18(13)3/h12-14,16H,5-9H2,1-4H3. The van der Waals surface area contributed by atoms with E-state index < -0.39 is 0 Å². The van der Waals surface area contributed by atoms with Crippen LogP contribution in [0.2, 0.25) is 0 Å². The average Bonchev–Trinajstić information content (AvgIpc) is 2.73. The summed E-state index contributed by atoms with van der Waals surface area (Å²) < 4.78 is 1.99. The minimum Gasteiger partial charge on any atom is -0.310 e. The van der Waals surface area contributed by atoms with Crippen LogP contribution in [-0.4, -0.2) is 39.9 Å². The van der Waals surface area contributed by atoms with Crippen molar-refractivity contribution < 1.29 is 0 Å². The second-order valence-electron chi connectivity index (χ2n) is 6.37. The Bertz CT molecular complexity index is 451. The van der Waals surface area contributed by atoms with Crippen LogP contribution < -0.4 is 5.32 Å². The van der Waals surface area contributed by atoms with Gasteiger partial charge in [0.1, 0.15) is 0 Å². The zero-order valence-corrected chi connectivity index (χ0v) is 12.6. The van der Waals surface area contributed by atoms with E-state index in [2.05, 4.69) is 36.2 Å². The third-order valence-corrected chi connectivity index (χ3v) is 5.32. The van der Waals surface area contributed by atoms with Crippen LogP contribution in [0.1, 0.15) is 42.6 Å². The maximum atomic E-state index is 4.50. The van der Waals surface area contributed by atoms with E-state index in [9.17, 15) is 0 Å². The fraction of sp³-hybridized carbons (Fsp3) is 0.800. The van der Waals surface area contributed by atoms with Crippen molar-refractivity contribution in [2.75, 3.05) is 7.05 Å². The Morgan fingerprint density at radius 1 is 1.16 bits per heavy atom. The number of fused-ring (bicyclic) bond motifs is 2. The van der Waals surface area contributed by atoms with Gasteiger partial charge in [-0.3, -0.25) is 4.68 Å². The Morgan fingerprint density at radius 3 is 2.32 bits per heavy atom. The van der Waals surface area contributed by atoms with E-state index in [1.54, 1.807) is 0 Å². The summed E-state index contributed by atoms with van der Waals surface area (Å²) in [7, 11) is 4.33. The van der Waals surface area contributed by atoms with Crippen LogP contribution in [0.4, 0.5) is 0 Å². The minimum atomic E-state index is 0.688. The Labute approximate surface area is 116 Å². The lowest BCUT2D eigenvalue weighted by Gasteiger charge is -2.36. The van der Waals surface area contributed by atoms with Gasteiger partial charge in [0.2, 0.25) is 0 Å². The molecular formula is C15H26N4. The highest BCUT2D eigenvalue weighted by molar-refractivity contribution is 5.24. The first-order valence-corrected chi connectivity index (χ1v) is 7.50. The lowest BCUT2D eigenvalue weighted by molar-refractivity contribution is 0.148. The maximum absolute atomic E-state index is 4.50. The number of nitrogens with one attached hydrogen (secondary N) is 1. The summed E-state index contributed by atoms with van der Waals surface area (Å²) in [6, 6.07) is 2.31. The van der Waals surface area contributed by atoms with Gasteiger partial charge in [0.05, 0.1) is 5.69 Å². The van der Waals surface area contributed by atoms with E-state index in [1.165, 1.54) is 42.6 Å². The first-order valence-electron chi connectivity index (χ1n) is 7.50. The summed E-state index contributed by atoms with van der Waals surface area (Å²) in [4.78, 5) is 2.60. The SMILES string of the molecule is Cc1nn(C)c(C)c1CNC1CC2CCC(C1)N2C. The number of hydrogen-bond donors (Lipinski definition) is 1. The molecule has 4 nitrogen and oxygen atoms in total. The van der Waals surface area contributed by atoms with Crippen molar-refractivity contribution in [1.82, 2.24) is 20.0 Å². The topological polar surface area (TPSA) is 33.1 Å². The van der Waals surface area contributed by atoms with Gasteiger partial charge in [-0.2, -0.15) is 5.10 Å². The Morgan fingerprint density at radius 2 is 1.79 bits per heavy atom. The fourth-order valence-corrected chi connectivity index (χ4v) is 3.90. The van der Waals surface area contributed by atoms with Crippen molar-refractivity contribution >= 4 is 0 Å². The van der Waals surface area contributed by atoms with Crippen molar-refractivity contribution in [3.63, 3.8) is 0 Å². The molecule has 2 bridgehead atoms. The molecule has 2 aliphatic rings. The van der Waals surface area contributed by atoms with Crippen LogP contribution in [-0.2, 0) is 13.6 Å². The maximum Gasteiger partial charge on any atom is 0.0641 e. The molecule has 1 N–H and O–H groups in total. The summed E-state index contributed by atoms with van der Waals surface area (Å²) >= 11 is 0. The molecule has 19 heavy (non-hydrogen) atoms. The Balaban J connectivity index is 1.61. The van der Waals surface area contributed by atoms with Crippen LogP contribution in [0.25, 0.3) is 0 Å². The minimum absolute atomic E-state index is 0.688. The Hall–Kier alpha value is -0.870. The van der Waals surface area contributed by atoms with Crippen LogP contribution in [0.5, 0.6) is 0 Å². The molecule has 4 heteroatoms. The van der Waals surface area contributed by atoms with Gasteiger partial charge in [0, 0.05) is 43.0 Å². The molecule has 0 aromatic carbocycles. The van der Waals surface area contributed by atoms with Gasteiger partial charge in [-0.05, 0) is 46.6 Å². The molecule has 2 fully saturated rings. The van der Waals surface area contributed by atoms with Crippen molar-refractivity contribution in [1.29, 1.82) is 0 Å². The third kappa shape index (κ3) is 2.32. The number of nitrogens with zero attached hydrogens (tertiary/aromatic N) is 3. The van der Waals surface area contributed by atoms with Crippen LogP contribution >= 0.6 is 0 Å². The Kier molecular flexibility index (Phi) is 3.39. The lowest BCUT2D eigenvalue weighted by atomic mass is 9.97. The second kappa shape index (κ2) is 4.91. The predicted octanol–water partition coefficient (Wildman–Crippen LogP) is 1.75. The van der Waals surface area contributed by atoms with Gasteiger partial charge in [-0.25, -0.2) is 0 Å². The number of rotatable bonds is 3. The molecule has 0 radical (unpaired) electrons. The zero-order chi connectivity index (χ0) is 13.6. The van der Waals surface area contributed by atoms with Crippen molar-refractivity contribution in [3.05, 3.63) is 17.0 Å². The summed E-state index contributed by atoms with van der Waals surface area (Å²) in [5.74, 6) is 0. The number of hydrogen-bond acceptors (Lipinski definition) is 3. The fourth-order valence-electron chi connectivity index (χ4n) is 3.90. The molecule has 0 aliphatic carbocycles. The van der Waals surface area contributed by atoms with Crippen LogP contribution in [0.3, 0.4) is 0 Å². The van der Waals surface area contributed by atoms with Crippen molar-refractivity contribution in [2.45, 2.75) is 64.2 Å². The second-order valence-corrected chi connectivity index (χ2v) is 6.37. The van der Waals surface area contributed by atoms with Gasteiger partial charge in [-0.15, -0.1) is 0 Å². The normalized spacial score (nSPS) is 31.1. The molecule has 2 saturated heterocycles. The van der Waals surface area contributed by atoms with Gasteiger partial charge in [-0.1, -0.05) is 0 Å². The van der Waals surface area contributed by atoms with E-state index in [1.807, 2.05) is 11.7 Å². The van der Waals surface area contributed by atoms with E-state index in [4.69, 9.17) is 0 Å². The molecule has 2 aliphatic heterocycles. The molecule has 0 amide bonds. The van der Waals surface area contributed by atoms with Gasteiger partial charge in [0.25, 0.3) is 0 Å². The monoisotopic (exact) mass is 262 g/mol. The van der Waals surface area contributed by atoms with Crippen molar-refractivity contribution in [2.24, 2.45) is 7.05 Å². The average molecular weight is 262 g/mol. The molecule has 2 unspecified atom stereocenters. The largest absolute Gasteiger partial charge is 0.310 e. The molecule has 3 heterocycles. The summed E-state index contributed by atoms with van der Waals surface area (Å²) in [5, 5.41) is 8.27. The zero-order valence-electron chi connectivity index (χ0n) is 12.6. The molecule has 0 spiro atoms. The third-order valence-electron chi connectivity index (χ3n) is 5.32. The first kappa shape index (κ1) is 13.1. The van der Waals surface area contributed by atoms with Gasteiger partial charge in [0.15, 0.2) is 0 Å². The van der Waals surface area contributed by atoms with Gasteiger partial charge >= 0.3 is 0 Å². The smallest absolute Gasteiger partial charge is 0.0641 e. The predicted molar refractivity (Wildman–Crippen MR) is 77.1 cm³/mol. The van der Waals surface area contributed by atoms with Crippen LogP contribution in [0, 0.1) is 13.8 Å². The highest BCUT2D eigenvalue weighted by atomic mass is 15.3.